The molecule has 21 heavy (non-hydrogen) atoms. The van der Waals surface area contributed by atoms with Gasteiger partial charge in [0.15, 0.2) is 5.92 Å². The molecule has 1 aliphatic rings. The number of aliphatic imine (C=N–C) groups is 1. The van der Waals surface area contributed by atoms with Crippen molar-refractivity contribution in [3.63, 3.8) is 0 Å². The molecule has 1 aromatic rings. The van der Waals surface area contributed by atoms with Crippen molar-refractivity contribution in [3.8, 4) is 6.07 Å². The van der Waals surface area contributed by atoms with Crippen LogP contribution in [0.25, 0.3) is 0 Å². The average Bonchev–Trinajstić information content (AvgIpc) is 2.81. The van der Waals surface area contributed by atoms with Gasteiger partial charge in [-0.05, 0) is 37.1 Å². The Labute approximate surface area is 128 Å². The van der Waals surface area contributed by atoms with Crippen molar-refractivity contribution in [2.24, 2.45) is 10.9 Å². The summed E-state index contributed by atoms with van der Waals surface area (Å²) in [6.07, 6.45) is 4.57. The normalized spacial score (nSPS) is 18.8. The molecule has 2 rings (SSSR count). The lowest BCUT2D eigenvalue weighted by Crippen LogP contribution is -2.27. The van der Waals surface area contributed by atoms with E-state index >= 15 is 0 Å². The summed E-state index contributed by atoms with van der Waals surface area (Å²) >= 11 is 1.66. The Bertz CT molecular complexity index is 637. The molecule has 1 aromatic heterocycles. The number of nitrogens with zero attached hydrogens (tertiary/aromatic N) is 2. The Morgan fingerprint density at radius 3 is 3.10 bits per heavy atom. The van der Waals surface area contributed by atoms with Gasteiger partial charge in [0.25, 0.3) is 0 Å². The first-order valence-corrected chi connectivity index (χ1v) is 7.85. The predicted molar refractivity (Wildman–Crippen MR) is 83.5 cm³/mol. The molecule has 2 heterocycles. The zero-order chi connectivity index (χ0) is 15.4. The molecule has 2 atom stereocenters. The fourth-order valence-corrected chi connectivity index (χ4v) is 3.53. The largest absolute Gasteiger partial charge is 0.465 e. The maximum Gasteiger partial charge on any atom is 0.329 e. The number of nitriles is 1. The second-order valence-electron chi connectivity index (χ2n) is 5.01. The highest BCUT2D eigenvalue weighted by Crippen LogP contribution is 2.34. The van der Waals surface area contributed by atoms with Gasteiger partial charge in [0.1, 0.15) is 0 Å². The summed E-state index contributed by atoms with van der Waals surface area (Å²) in [7, 11) is 0. The van der Waals surface area contributed by atoms with Crippen LogP contribution in [0.5, 0.6) is 0 Å². The smallest absolute Gasteiger partial charge is 0.329 e. The first-order chi connectivity index (χ1) is 10.1. The second-order valence-corrected chi connectivity index (χ2v) is 5.92. The predicted octanol–water partition coefficient (Wildman–Crippen LogP) is 3.57. The number of fused-ring (bicyclic) bond motifs is 1. The van der Waals surface area contributed by atoms with Crippen molar-refractivity contribution in [3.05, 3.63) is 33.7 Å². The van der Waals surface area contributed by atoms with Crippen LogP contribution >= 0.6 is 11.3 Å². The molecule has 0 saturated carbocycles. The van der Waals surface area contributed by atoms with Gasteiger partial charge in [0.2, 0.25) is 0 Å². The summed E-state index contributed by atoms with van der Waals surface area (Å²) in [6, 6.07) is 2.04. The lowest BCUT2D eigenvalue weighted by Gasteiger charge is -2.17. The highest BCUT2D eigenvalue weighted by atomic mass is 32.1. The number of aryl methyl sites for hydroxylation is 1. The molecule has 0 aromatic carbocycles. The molecule has 0 saturated heterocycles. The maximum absolute atomic E-state index is 12.0. The number of hydrogen-bond acceptors (Lipinski definition) is 5. The second kappa shape index (κ2) is 6.68. The van der Waals surface area contributed by atoms with E-state index in [1.54, 1.807) is 24.5 Å². The van der Waals surface area contributed by atoms with Crippen molar-refractivity contribution in [2.45, 2.75) is 33.1 Å². The van der Waals surface area contributed by atoms with Crippen LogP contribution < -0.4 is 0 Å². The summed E-state index contributed by atoms with van der Waals surface area (Å²) < 4.78 is 5.02. The Morgan fingerprint density at radius 1 is 1.67 bits per heavy atom. The van der Waals surface area contributed by atoms with Gasteiger partial charge in [-0.15, -0.1) is 11.3 Å². The molecule has 0 aliphatic carbocycles. The minimum atomic E-state index is -0.980. The standard InChI is InChI=1S/C16H18N2O2S/c1-4-20-16(19)12(8-17)14-13-11(3)9-21-15(13)10(2)6-5-7-18-14/h5,7,9-10,12H,4,6H2,1-3H3. The fraction of sp³-hybridized carbons (Fsp3) is 0.438. The van der Waals surface area contributed by atoms with Crippen LogP contribution in [0.1, 0.15) is 42.2 Å². The van der Waals surface area contributed by atoms with E-state index in [4.69, 9.17) is 4.74 Å². The number of ether oxygens (including phenoxy) is 1. The third kappa shape index (κ3) is 3.06. The summed E-state index contributed by atoms with van der Waals surface area (Å²) in [5.74, 6) is -1.16. The van der Waals surface area contributed by atoms with Gasteiger partial charge in [0, 0.05) is 16.6 Å². The highest BCUT2D eigenvalue weighted by Gasteiger charge is 2.31. The number of hydrogen-bond donors (Lipinski definition) is 0. The summed E-state index contributed by atoms with van der Waals surface area (Å²) in [5.41, 5.74) is 2.50. The molecule has 5 heteroatoms. The molecule has 0 bridgehead atoms. The van der Waals surface area contributed by atoms with Crippen LogP contribution in [0.2, 0.25) is 0 Å². The minimum absolute atomic E-state index is 0.256. The first kappa shape index (κ1) is 15.5. The van der Waals surface area contributed by atoms with Crippen molar-refractivity contribution < 1.29 is 9.53 Å². The lowest BCUT2D eigenvalue weighted by molar-refractivity contribution is -0.143. The third-order valence-corrected chi connectivity index (χ3v) is 4.77. The lowest BCUT2D eigenvalue weighted by atomic mass is 9.90. The van der Waals surface area contributed by atoms with Gasteiger partial charge in [-0.1, -0.05) is 13.0 Å². The molecule has 1 aliphatic heterocycles. The third-order valence-electron chi connectivity index (χ3n) is 3.44. The highest BCUT2D eigenvalue weighted by molar-refractivity contribution is 7.10. The SMILES string of the molecule is CCOC(=O)C(C#N)C1=NC=CCC(C)c2scc(C)c21. The Hall–Kier alpha value is -1.93. The summed E-state index contributed by atoms with van der Waals surface area (Å²) in [4.78, 5) is 17.6. The van der Waals surface area contributed by atoms with E-state index in [2.05, 4.69) is 17.3 Å². The molecule has 4 nitrogen and oxygen atoms in total. The monoisotopic (exact) mass is 302 g/mol. The number of carbonyl (C=O) groups excluding carboxylic acids is 1. The zero-order valence-electron chi connectivity index (χ0n) is 12.4. The van der Waals surface area contributed by atoms with E-state index in [0.717, 1.165) is 17.5 Å². The van der Waals surface area contributed by atoms with Gasteiger partial charge in [-0.2, -0.15) is 5.26 Å². The van der Waals surface area contributed by atoms with Gasteiger partial charge in [-0.3, -0.25) is 9.79 Å². The van der Waals surface area contributed by atoms with Crippen LogP contribution in [0.15, 0.2) is 22.6 Å². The molecule has 0 spiro atoms. The molecule has 0 amide bonds. The number of thiophene rings is 1. The van der Waals surface area contributed by atoms with Gasteiger partial charge in [-0.25, -0.2) is 0 Å². The van der Waals surface area contributed by atoms with Crippen LogP contribution in [0.4, 0.5) is 0 Å². The van der Waals surface area contributed by atoms with Crippen LogP contribution in [0.3, 0.4) is 0 Å². The molecule has 0 N–H and O–H groups in total. The van der Waals surface area contributed by atoms with Crippen molar-refractivity contribution >= 4 is 23.0 Å². The molecule has 0 fully saturated rings. The minimum Gasteiger partial charge on any atom is -0.465 e. The number of esters is 1. The van der Waals surface area contributed by atoms with Crippen molar-refractivity contribution in [1.82, 2.24) is 0 Å². The van der Waals surface area contributed by atoms with Crippen LogP contribution in [-0.2, 0) is 9.53 Å². The fourth-order valence-electron chi connectivity index (χ4n) is 2.39. The Kier molecular flexibility index (Phi) is 4.92. The van der Waals surface area contributed by atoms with E-state index in [1.165, 1.54) is 4.88 Å². The van der Waals surface area contributed by atoms with E-state index in [1.807, 2.05) is 19.1 Å². The van der Waals surface area contributed by atoms with Gasteiger partial charge in [0.05, 0.1) is 18.4 Å². The zero-order valence-corrected chi connectivity index (χ0v) is 13.2. The summed E-state index contributed by atoms with van der Waals surface area (Å²) in [5, 5.41) is 11.5. The summed E-state index contributed by atoms with van der Waals surface area (Å²) in [6.45, 7) is 6.12. The van der Waals surface area contributed by atoms with Crippen molar-refractivity contribution in [1.29, 1.82) is 5.26 Å². The van der Waals surface area contributed by atoms with Crippen LogP contribution in [0, 0.1) is 24.2 Å². The molecule has 110 valence electrons. The van der Waals surface area contributed by atoms with E-state index in [-0.39, 0.29) is 6.61 Å². The van der Waals surface area contributed by atoms with E-state index in [0.29, 0.717) is 11.6 Å². The molecule has 0 radical (unpaired) electrons. The van der Waals surface area contributed by atoms with E-state index in [9.17, 15) is 10.1 Å². The van der Waals surface area contributed by atoms with Crippen molar-refractivity contribution in [2.75, 3.05) is 6.61 Å². The number of rotatable bonds is 3. The van der Waals surface area contributed by atoms with E-state index < -0.39 is 11.9 Å². The van der Waals surface area contributed by atoms with Gasteiger partial charge >= 0.3 is 5.97 Å². The number of carbonyl (C=O) groups is 1. The topological polar surface area (TPSA) is 62.5 Å². The Balaban J connectivity index is 2.54. The number of allylic oxidation sites excluding steroid dienone is 1. The Morgan fingerprint density at radius 2 is 2.43 bits per heavy atom. The molecule has 2 unspecified atom stereocenters. The first-order valence-electron chi connectivity index (χ1n) is 6.97. The van der Waals surface area contributed by atoms with Crippen LogP contribution in [-0.4, -0.2) is 18.3 Å². The van der Waals surface area contributed by atoms with Gasteiger partial charge < -0.3 is 4.74 Å². The molecular formula is C16H18N2O2S. The quantitative estimate of drug-likeness (QED) is 0.802. The maximum atomic E-state index is 12.0. The average molecular weight is 302 g/mol. The molecular weight excluding hydrogens is 284 g/mol.